The Morgan fingerprint density at radius 3 is 2.40 bits per heavy atom. The molecule has 0 saturated heterocycles. The molecule has 0 radical (unpaired) electrons. The van der Waals surface area contributed by atoms with Crippen molar-refractivity contribution in [2.75, 3.05) is 12.8 Å². The molecular weight excluding hydrogens is 601 g/mol. The van der Waals surface area contributed by atoms with Gasteiger partial charge in [-0.15, -0.1) is 0 Å². The summed E-state index contributed by atoms with van der Waals surface area (Å²) in [5, 5.41) is 8.60. The number of aliphatic carboxylic acids is 1. The number of nitrogen functional groups attached to an aromatic ring is 1. The lowest BCUT2D eigenvalue weighted by Gasteiger charge is -2.20. The summed E-state index contributed by atoms with van der Waals surface area (Å²) < 4.78 is 2.97. The lowest BCUT2D eigenvalue weighted by Crippen LogP contribution is -2.27. The van der Waals surface area contributed by atoms with Crippen LogP contribution in [0, 0.1) is 10.7 Å². The quantitative estimate of drug-likeness (QED) is 0.395. The van der Waals surface area contributed by atoms with E-state index < -0.39 is 5.97 Å². The summed E-state index contributed by atoms with van der Waals surface area (Å²) >= 11 is 6.58. The van der Waals surface area contributed by atoms with Crippen LogP contribution in [0.3, 0.4) is 0 Å². The number of anilines is 1. The first-order valence-corrected chi connectivity index (χ1v) is 8.85. The number of rotatable bonds is 5. The minimum absolute atomic E-state index is 0.0127. The second kappa shape index (κ2) is 7.96. The number of nitrogens with two attached hydrogens (primary N) is 1. The van der Waals surface area contributed by atoms with Gasteiger partial charge in [0.25, 0.3) is 0 Å². The van der Waals surface area contributed by atoms with Crippen molar-refractivity contribution in [2.24, 2.45) is 0 Å². The van der Waals surface area contributed by atoms with Gasteiger partial charge in [0.2, 0.25) is 5.91 Å². The monoisotopic (exact) mass is 614 g/mol. The lowest BCUT2D eigenvalue weighted by molar-refractivity contribution is -0.140. The zero-order valence-electron chi connectivity index (χ0n) is 10.6. The van der Waals surface area contributed by atoms with Gasteiger partial charge < -0.3 is 15.7 Å². The molecule has 0 bridgehead atoms. The molecule has 0 saturated carbocycles. The predicted octanol–water partition coefficient (Wildman–Crippen LogP) is 2.91. The highest BCUT2D eigenvalue weighted by Gasteiger charge is 2.17. The normalized spacial score (nSPS) is 10.4. The predicted molar refractivity (Wildman–Crippen MR) is 102 cm³/mol. The van der Waals surface area contributed by atoms with E-state index in [1.807, 2.05) is 6.07 Å². The molecule has 1 aromatic carbocycles. The fraction of sp³-hybridized carbons (Fsp3) is 0.333. The van der Waals surface area contributed by atoms with E-state index in [4.69, 9.17) is 10.8 Å². The van der Waals surface area contributed by atoms with Gasteiger partial charge in [-0.25, -0.2) is 0 Å². The summed E-state index contributed by atoms with van der Waals surface area (Å²) in [5.74, 6) is -1.15. The van der Waals surface area contributed by atoms with E-state index in [1.54, 1.807) is 7.05 Å². The van der Waals surface area contributed by atoms with Crippen LogP contribution in [0.2, 0.25) is 0 Å². The smallest absolute Gasteiger partial charge is 0.303 e. The first-order valence-electron chi connectivity index (χ1n) is 5.61. The van der Waals surface area contributed by atoms with E-state index in [-0.39, 0.29) is 18.7 Å². The number of hydrogen-bond acceptors (Lipinski definition) is 3. The SMILES string of the molecule is CN(Cc1c(I)cc(I)c(N)c1I)C(=O)CCC(=O)O. The Balaban J connectivity index is 2.86. The van der Waals surface area contributed by atoms with E-state index in [9.17, 15) is 9.59 Å². The topological polar surface area (TPSA) is 83.6 Å². The molecule has 0 heterocycles. The number of halogens is 3. The van der Waals surface area contributed by atoms with Crippen LogP contribution in [0.1, 0.15) is 18.4 Å². The van der Waals surface area contributed by atoms with E-state index >= 15 is 0 Å². The van der Waals surface area contributed by atoms with E-state index in [0.29, 0.717) is 12.2 Å². The average Bonchev–Trinajstić information content (AvgIpc) is 2.38. The molecule has 0 unspecified atom stereocenters. The molecule has 0 aliphatic carbocycles. The molecular formula is C12H13I3N2O3. The number of amides is 1. The van der Waals surface area contributed by atoms with Crippen LogP contribution in [-0.2, 0) is 16.1 Å². The third kappa shape index (κ3) is 4.86. The standard InChI is InChI=1S/C12H13I3N2O3/c1-17(9(18)2-3-10(19)20)5-6-7(13)4-8(14)12(16)11(6)15/h4H,2-3,5,16H2,1H3,(H,19,20). The zero-order valence-corrected chi connectivity index (χ0v) is 17.1. The van der Waals surface area contributed by atoms with Crippen molar-refractivity contribution in [3.8, 4) is 0 Å². The van der Waals surface area contributed by atoms with Gasteiger partial charge in [-0.05, 0) is 73.8 Å². The van der Waals surface area contributed by atoms with Gasteiger partial charge in [-0.2, -0.15) is 0 Å². The maximum atomic E-state index is 11.9. The molecule has 5 nitrogen and oxygen atoms in total. The maximum absolute atomic E-state index is 11.9. The second-order valence-electron chi connectivity index (χ2n) is 4.19. The highest BCUT2D eigenvalue weighted by Crippen LogP contribution is 2.30. The molecule has 0 spiro atoms. The minimum atomic E-state index is -0.963. The highest BCUT2D eigenvalue weighted by molar-refractivity contribution is 14.1. The Morgan fingerprint density at radius 1 is 1.25 bits per heavy atom. The number of carbonyl (C=O) groups is 2. The van der Waals surface area contributed by atoms with E-state index in [2.05, 4.69) is 67.8 Å². The first-order chi connectivity index (χ1) is 9.23. The van der Waals surface area contributed by atoms with Gasteiger partial charge in [0.15, 0.2) is 0 Å². The summed E-state index contributed by atoms with van der Waals surface area (Å²) in [6.07, 6.45) is -0.134. The second-order valence-corrected chi connectivity index (χ2v) is 7.59. The van der Waals surface area contributed by atoms with Gasteiger partial charge in [0.05, 0.1) is 12.1 Å². The van der Waals surface area contributed by atoms with Crippen LogP contribution >= 0.6 is 67.8 Å². The highest BCUT2D eigenvalue weighted by atomic mass is 127. The summed E-state index contributed by atoms with van der Waals surface area (Å²) in [6.45, 7) is 0.427. The molecule has 8 heteroatoms. The van der Waals surface area contributed by atoms with Crippen LogP contribution < -0.4 is 5.73 Å². The molecule has 0 atom stereocenters. The minimum Gasteiger partial charge on any atom is -0.481 e. The average molecular weight is 614 g/mol. The summed E-state index contributed by atoms with van der Waals surface area (Å²) in [7, 11) is 1.67. The summed E-state index contributed by atoms with van der Waals surface area (Å²) in [5.41, 5.74) is 7.71. The molecule has 3 N–H and O–H groups in total. The Kier molecular flexibility index (Phi) is 7.24. The van der Waals surface area contributed by atoms with Crippen molar-refractivity contribution in [3.05, 3.63) is 22.3 Å². The maximum Gasteiger partial charge on any atom is 0.303 e. The molecule has 1 amide bonds. The van der Waals surface area contributed by atoms with Gasteiger partial charge in [0, 0.05) is 36.3 Å². The van der Waals surface area contributed by atoms with Crippen LogP contribution in [-0.4, -0.2) is 28.9 Å². The molecule has 20 heavy (non-hydrogen) atoms. The molecule has 0 aromatic heterocycles. The number of benzene rings is 1. The van der Waals surface area contributed by atoms with E-state index in [1.165, 1.54) is 4.90 Å². The van der Waals surface area contributed by atoms with Crippen molar-refractivity contribution in [2.45, 2.75) is 19.4 Å². The lowest BCUT2D eigenvalue weighted by atomic mass is 10.2. The van der Waals surface area contributed by atoms with Crippen LogP contribution in [0.5, 0.6) is 0 Å². The largest absolute Gasteiger partial charge is 0.481 e. The Bertz CT molecular complexity index is 549. The van der Waals surface area contributed by atoms with Gasteiger partial charge in [-0.3, -0.25) is 9.59 Å². The van der Waals surface area contributed by atoms with Gasteiger partial charge in [0.1, 0.15) is 0 Å². The molecule has 0 aliphatic heterocycles. The number of nitrogens with zero attached hydrogens (tertiary/aromatic N) is 1. The van der Waals surface area contributed by atoms with Crippen molar-refractivity contribution < 1.29 is 14.7 Å². The molecule has 110 valence electrons. The van der Waals surface area contributed by atoms with Crippen LogP contribution in [0.15, 0.2) is 6.07 Å². The first kappa shape index (κ1) is 18.2. The number of hydrogen-bond donors (Lipinski definition) is 2. The number of carboxylic acids is 1. The number of carboxylic acid groups (broad SMARTS) is 1. The Hall–Kier alpha value is 0.150. The fourth-order valence-corrected chi connectivity index (χ4v) is 5.24. The molecule has 1 rings (SSSR count). The van der Waals surface area contributed by atoms with Crippen LogP contribution in [0.25, 0.3) is 0 Å². The Labute approximate surface area is 158 Å². The zero-order chi connectivity index (χ0) is 15.4. The van der Waals surface area contributed by atoms with Crippen molar-refractivity contribution >= 4 is 85.3 Å². The molecule has 1 aromatic rings. The number of carbonyl (C=O) groups excluding carboxylic acids is 1. The summed E-state index contributed by atoms with van der Waals surface area (Å²) in [6, 6.07) is 1.98. The third-order valence-corrected chi connectivity index (χ3v) is 5.76. The third-order valence-electron chi connectivity index (χ3n) is 2.67. The van der Waals surface area contributed by atoms with Gasteiger partial charge >= 0.3 is 5.97 Å². The summed E-state index contributed by atoms with van der Waals surface area (Å²) in [4.78, 5) is 23.9. The van der Waals surface area contributed by atoms with Gasteiger partial charge in [-0.1, -0.05) is 0 Å². The van der Waals surface area contributed by atoms with Crippen molar-refractivity contribution in [1.29, 1.82) is 0 Å². The van der Waals surface area contributed by atoms with Crippen molar-refractivity contribution in [1.82, 2.24) is 4.90 Å². The van der Waals surface area contributed by atoms with E-state index in [0.717, 1.165) is 16.3 Å². The molecule has 0 aliphatic rings. The van der Waals surface area contributed by atoms with Crippen LogP contribution in [0.4, 0.5) is 5.69 Å². The molecule has 0 fully saturated rings. The fourth-order valence-electron chi connectivity index (χ4n) is 1.52. The Morgan fingerprint density at radius 2 is 1.85 bits per heavy atom. The van der Waals surface area contributed by atoms with Crippen molar-refractivity contribution in [3.63, 3.8) is 0 Å².